The minimum absolute atomic E-state index is 0.0565. The number of hydrogen-bond donors (Lipinski definition) is 1. The Bertz CT molecular complexity index is 699. The number of benzene rings is 2. The van der Waals surface area contributed by atoms with Crippen LogP contribution in [0.2, 0.25) is 0 Å². The molecule has 0 saturated heterocycles. The zero-order valence-electron chi connectivity index (χ0n) is 11.7. The van der Waals surface area contributed by atoms with Gasteiger partial charge in [-0.15, -0.1) is 0 Å². The quantitative estimate of drug-likeness (QED) is 0.863. The van der Waals surface area contributed by atoms with Crippen LogP contribution in [0.3, 0.4) is 0 Å². The topological polar surface area (TPSA) is 55.4 Å². The molecule has 0 spiro atoms. The van der Waals surface area contributed by atoms with Gasteiger partial charge in [-0.25, -0.2) is 8.78 Å². The van der Waals surface area contributed by atoms with Gasteiger partial charge < -0.3 is 10.1 Å². The summed E-state index contributed by atoms with van der Waals surface area (Å²) in [5.74, 6) is -2.50. The number of carbonyl (C=O) groups is 2. The van der Waals surface area contributed by atoms with Crippen molar-refractivity contribution in [2.75, 3.05) is 11.9 Å². The highest BCUT2D eigenvalue weighted by atomic mass is 19.2. The van der Waals surface area contributed by atoms with Crippen LogP contribution in [0.25, 0.3) is 0 Å². The molecule has 0 aromatic heterocycles. The lowest BCUT2D eigenvalue weighted by atomic mass is 10.1. The Labute approximate surface area is 125 Å². The minimum atomic E-state index is -1.04. The van der Waals surface area contributed by atoms with Gasteiger partial charge in [0.15, 0.2) is 24.0 Å². The van der Waals surface area contributed by atoms with E-state index in [9.17, 15) is 18.4 Å². The van der Waals surface area contributed by atoms with Gasteiger partial charge in [0.05, 0.1) is 0 Å². The maximum atomic E-state index is 13.0. The molecule has 6 heteroatoms. The molecule has 0 fully saturated rings. The summed E-state index contributed by atoms with van der Waals surface area (Å²) in [5, 5.41) is 2.56. The Hall–Kier alpha value is -2.76. The maximum Gasteiger partial charge on any atom is 0.262 e. The number of Topliss-reactive ketones (excluding diaryl/α,β-unsaturated/α-hetero) is 1. The monoisotopic (exact) mass is 305 g/mol. The highest BCUT2D eigenvalue weighted by Gasteiger charge is 2.07. The van der Waals surface area contributed by atoms with Crippen molar-refractivity contribution in [2.45, 2.75) is 6.92 Å². The van der Waals surface area contributed by atoms with Gasteiger partial charge in [0, 0.05) is 17.3 Å². The number of carbonyl (C=O) groups excluding carboxylic acids is 2. The summed E-state index contributed by atoms with van der Waals surface area (Å²) >= 11 is 0. The van der Waals surface area contributed by atoms with Crippen LogP contribution < -0.4 is 10.1 Å². The molecule has 1 amide bonds. The van der Waals surface area contributed by atoms with E-state index in [0.29, 0.717) is 11.3 Å². The summed E-state index contributed by atoms with van der Waals surface area (Å²) in [6, 6.07) is 9.38. The van der Waals surface area contributed by atoms with Gasteiger partial charge in [-0.3, -0.25) is 9.59 Å². The number of amides is 1. The predicted molar refractivity (Wildman–Crippen MR) is 76.9 cm³/mol. The molecule has 2 aromatic rings. The number of ether oxygens (including phenoxy) is 1. The molecule has 0 aliphatic carbocycles. The first-order valence-corrected chi connectivity index (χ1v) is 6.44. The summed E-state index contributed by atoms with van der Waals surface area (Å²) in [5.41, 5.74) is 1.04. The van der Waals surface area contributed by atoms with E-state index in [4.69, 9.17) is 4.74 Å². The summed E-state index contributed by atoms with van der Waals surface area (Å²) in [7, 11) is 0. The van der Waals surface area contributed by atoms with Crippen LogP contribution in [0.1, 0.15) is 17.3 Å². The molecule has 0 aliphatic heterocycles. The first-order chi connectivity index (χ1) is 10.5. The van der Waals surface area contributed by atoms with E-state index >= 15 is 0 Å². The molecule has 0 atom stereocenters. The molecular weight excluding hydrogens is 292 g/mol. The average Bonchev–Trinajstić information content (AvgIpc) is 2.49. The number of halogens is 2. The fraction of sp³-hybridized carbons (Fsp3) is 0.125. The Morgan fingerprint density at radius 1 is 1.05 bits per heavy atom. The Balaban J connectivity index is 1.89. The molecule has 4 nitrogen and oxygen atoms in total. The molecule has 0 bridgehead atoms. The van der Waals surface area contributed by atoms with Gasteiger partial charge in [0.25, 0.3) is 5.91 Å². The largest absolute Gasteiger partial charge is 0.484 e. The first-order valence-electron chi connectivity index (χ1n) is 6.44. The van der Waals surface area contributed by atoms with E-state index in [0.717, 1.165) is 12.1 Å². The number of anilines is 1. The molecule has 2 aromatic carbocycles. The molecule has 0 radical (unpaired) electrons. The highest BCUT2D eigenvalue weighted by molar-refractivity contribution is 5.95. The Kier molecular flexibility index (Phi) is 4.83. The lowest BCUT2D eigenvalue weighted by molar-refractivity contribution is -0.118. The van der Waals surface area contributed by atoms with Gasteiger partial charge in [0.1, 0.15) is 5.75 Å². The summed E-state index contributed by atoms with van der Waals surface area (Å²) in [6.07, 6.45) is 0. The number of ketones is 1. The predicted octanol–water partition coefficient (Wildman–Crippen LogP) is 3.18. The molecule has 114 valence electrons. The molecular formula is C16H13F2NO3. The van der Waals surface area contributed by atoms with Crippen molar-refractivity contribution >= 4 is 17.4 Å². The van der Waals surface area contributed by atoms with Crippen molar-refractivity contribution in [3.63, 3.8) is 0 Å². The third kappa shape index (κ3) is 4.12. The normalized spacial score (nSPS) is 10.1. The van der Waals surface area contributed by atoms with E-state index < -0.39 is 17.5 Å². The number of nitrogens with one attached hydrogen (secondary N) is 1. The summed E-state index contributed by atoms with van der Waals surface area (Å²) < 4.78 is 30.8. The zero-order valence-corrected chi connectivity index (χ0v) is 11.7. The Morgan fingerprint density at radius 3 is 2.32 bits per heavy atom. The van der Waals surface area contributed by atoms with Crippen molar-refractivity contribution in [3.8, 4) is 5.75 Å². The van der Waals surface area contributed by atoms with Crippen molar-refractivity contribution < 1.29 is 23.1 Å². The van der Waals surface area contributed by atoms with E-state index in [1.165, 1.54) is 13.0 Å². The van der Waals surface area contributed by atoms with Crippen molar-refractivity contribution in [1.82, 2.24) is 0 Å². The van der Waals surface area contributed by atoms with Crippen LogP contribution in [0.5, 0.6) is 5.75 Å². The fourth-order valence-corrected chi connectivity index (χ4v) is 1.70. The lowest BCUT2D eigenvalue weighted by Gasteiger charge is -2.08. The number of hydrogen-bond acceptors (Lipinski definition) is 3. The van der Waals surface area contributed by atoms with Gasteiger partial charge in [-0.1, -0.05) is 0 Å². The molecule has 22 heavy (non-hydrogen) atoms. The molecule has 0 unspecified atom stereocenters. The fourth-order valence-electron chi connectivity index (χ4n) is 1.70. The van der Waals surface area contributed by atoms with Gasteiger partial charge in [-0.2, -0.15) is 0 Å². The standard InChI is InChI=1S/C16H13F2NO3/c1-10(20)11-2-4-12(5-3-11)19-16(21)9-22-13-6-7-14(17)15(18)8-13/h2-8H,9H2,1H3,(H,19,21). The second kappa shape index (κ2) is 6.80. The van der Waals surface area contributed by atoms with Gasteiger partial charge >= 0.3 is 0 Å². The molecule has 2 rings (SSSR count). The van der Waals surface area contributed by atoms with Crippen LogP contribution in [0.4, 0.5) is 14.5 Å². The van der Waals surface area contributed by atoms with Crippen LogP contribution in [-0.4, -0.2) is 18.3 Å². The van der Waals surface area contributed by atoms with Crippen LogP contribution in [0.15, 0.2) is 42.5 Å². The third-order valence-electron chi connectivity index (χ3n) is 2.84. The second-order valence-corrected chi connectivity index (χ2v) is 4.55. The van der Waals surface area contributed by atoms with Crippen LogP contribution in [-0.2, 0) is 4.79 Å². The molecule has 0 saturated carbocycles. The molecule has 0 aliphatic rings. The van der Waals surface area contributed by atoms with E-state index in [1.54, 1.807) is 24.3 Å². The van der Waals surface area contributed by atoms with Crippen LogP contribution >= 0.6 is 0 Å². The van der Waals surface area contributed by atoms with E-state index in [2.05, 4.69) is 5.32 Å². The van der Waals surface area contributed by atoms with Crippen molar-refractivity contribution in [3.05, 3.63) is 59.7 Å². The molecule has 0 heterocycles. The van der Waals surface area contributed by atoms with Crippen molar-refractivity contribution in [1.29, 1.82) is 0 Å². The highest BCUT2D eigenvalue weighted by Crippen LogP contribution is 2.15. The number of rotatable bonds is 5. The van der Waals surface area contributed by atoms with Gasteiger partial charge in [0.2, 0.25) is 0 Å². The summed E-state index contributed by atoms with van der Waals surface area (Å²) in [6.45, 7) is 1.10. The molecule has 1 N–H and O–H groups in total. The maximum absolute atomic E-state index is 13.0. The minimum Gasteiger partial charge on any atom is -0.484 e. The Morgan fingerprint density at radius 2 is 1.73 bits per heavy atom. The van der Waals surface area contributed by atoms with Crippen LogP contribution in [0, 0.1) is 11.6 Å². The zero-order chi connectivity index (χ0) is 16.1. The summed E-state index contributed by atoms with van der Waals surface area (Å²) in [4.78, 5) is 22.8. The van der Waals surface area contributed by atoms with Gasteiger partial charge in [-0.05, 0) is 43.3 Å². The average molecular weight is 305 g/mol. The first kappa shape index (κ1) is 15.6. The smallest absolute Gasteiger partial charge is 0.262 e. The SMILES string of the molecule is CC(=O)c1ccc(NC(=O)COc2ccc(F)c(F)c2)cc1. The van der Waals surface area contributed by atoms with Crippen molar-refractivity contribution in [2.24, 2.45) is 0 Å². The third-order valence-corrected chi connectivity index (χ3v) is 2.84. The van der Waals surface area contributed by atoms with E-state index in [-0.39, 0.29) is 18.1 Å². The van der Waals surface area contributed by atoms with E-state index in [1.807, 2.05) is 0 Å². The second-order valence-electron chi connectivity index (χ2n) is 4.55. The lowest BCUT2D eigenvalue weighted by Crippen LogP contribution is -2.20.